The van der Waals surface area contributed by atoms with Crippen molar-refractivity contribution in [1.29, 1.82) is 0 Å². The quantitative estimate of drug-likeness (QED) is 0.0235. The molecule has 21 rings (SSSR count). The third-order valence-corrected chi connectivity index (χ3v) is 28.4. The molecular weight excluding hydrogens is 1770 g/mol. The molecule has 1 fully saturated rings. The van der Waals surface area contributed by atoms with Crippen LogP contribution < -0.4 is 9.65 Å². The Labute approximate surface area is 789 Å². The Morgan fingerprint density at radius 2 is 0.507 bits per heavy atom. The molecule has 0 radical (unpaired) electrons. The summed E-state index contributed by atoms with van der Waals surface area (Å²) in [7, 11) is -12.4. The normalized spacial score (nSPS) is 13.0. The highest BCUT2D eigenvalue weighted by atomic mass is 32.2. The molecule has 0 saturated carbocycles. The van der Waals surface area contributed by atoms with Crippen LogP contribution in [0.4, 0.5) is 26.3 Å². The number of halogens is 6. The summed E-state index contributed by atoms with van der Waals surface area (Å²) in [5.41, 5.74) is 13.9. The van der Waals surface area contributed by atoms with Gasteiger partial charge in [-0.2, -0.15) is 34.8 Å². The van der Waals surface area contributed by atoms with Gasteiger partial charge in [0.05, 0.1) is 11.2 Å². The first-order chi connectivity index (χ1) is 65.2. The van der Waals surface area contributed by atoms with Crippen molar-refractivity contribution in [2.75, 3.05) is 5.49 Å². The lowest BCUT2D eigenvalue weighted by atomic mass is 9.78. The Morgan fingerprint density at radius 3 is 0.831 bits per heavy atom. The van der Waals surface area contributed by atoms with Crippen molar-refractivity contribution < 1.29 is 61.2 Å². The second-order valence-corrected chi connectivity index (χ2v) is 38.5. The first kappa shape index (κ1) is 93.1. The molecule has 0 amide bonds. The number of rotatable bonds is 16. The van der Waals surface area contributed by atoms with Crippen molar-refractivity contribution in [1.82, 2.24) is 0 Å². The van der Waals surface area contributed by atoms with Gasteiger partial charge in [0, 0.05) is 5.39 Å². The van der Waals surface area contributed by atoms with E-state index in [9.17, 15) is 47.7 Å². The minimum Gasteiger partial charge on any atom is -0.399 e. The molecule has 672 valence electrons. The Balaban J connectivity index is 0.000000138. The number of hydrogen-bond donors (Lipinski definition) is 0. The molecule has 1 heterocycles. The lowest BCUT2D eigenvalue weighted by molar-refractivity contribution is -0.0500. The minimum atomic E-state index is -5.83. The molecule has 0 spiro atoms. The number of alkyl halides is 6. The average Bonchev–Trinajstić information content (AvgIpc) is 0.991. The van der Waals surface area contributed by atoms with Gasteiger partial charge < -0.3 is 13.5 Å². The van der Waals surface area contributed by atoms with Crippen LogP contribution in [0.3, 0.4) is 0 Å². The summed E-state index contributed by atoms with van der Waals surface area (Å²) in [5, 5.41) is 12.4. The van der Waals surface area contributed by atoms with Crippen LogP contribution in [0, 0.1) is 0 Å². The largest absolute Gasteiger partial charge is 0.534 e. The zero-order valence-electron chi connectivity index (χ0n) is 73.7. The first-order valence-corrected chi connectivity index (χ1v) is 47.9. The van der Waals surface area contributed by atoms with Crippen LogP contribution in [0.5, 0.6) is 5.75 Å². The van der Waals surface area contributed by atoms with E-state index < -0.39 is 44.9 Å². The second-order valence-electron chi connectivity index (χ2n) is 33.9. The van der Waals surface area contributed by atoms with Crippen LogP contribution in [0.15, 0.2) is 437 Å². The van der Waals surface area contributed by atoms with Gasteiger partial charge in [-0.05, 0) is 257 Å². The van der Waals surface area contributed by atoms with Crippen molar-refractivity contribution in [2.45, 2.75) is 57.3 Å². The Bertz CT molecular complexity index is 7980. The average molecular weight is 1860 g/mol. The standard InChI is InChI=1S/C54H36.C31H19F3O3S.C30H29BO2.C2H2F3O3PS.CH4/c1-3-16-37(17-4-1)39-20-13-21-40(34-39)41-22-14-23-42(35-41)43-24-15-25-44(36-43)45-32-33-52(47-27-8-7-26-46(45)47)54-50-30-11-9-28-48(50)53(38-18-5-2-6-19-38)49-29-10-12-31-51(49)54;32-31(33,34)38(35,36)37-28-19-18-27(21-12-4-5-13-22(21)28)30-25-16-8-6-14-23(25)29(20-10-2-1-3-11-20)24-15-7-9-17-26(24)30;1-29(2)30(3,4)33-31(32-29)28-18-10-17-27(21-28)26-16-9-15-25(20-26)24-14-8-13-23(19-24)22-11-6-5-7-12-22;3-2(4,5)10(7,8)1-9-6;/h1-36H;1-19H;5-21H,1-4H3;1H2;1H4. The van der Waals surface area contributed by atoms with E-state index in [4.69, 9.17) is 9.31 Å². The summed E-state index contributed by atoms with van der Waals surface area (Å²) in [4.78, 5) is 0. The van der Waals surface area contributed by atoms with Gasteiger partial charge in [-0.25, -0.2) is 8.42 Å². The molecule has 1 aliphatic heterocycles. The van der Waals surface area contributed by atoms with Gasteiger partial charge in [-0.3, -0.25) is 4.57 Å². The molecule has 1 aliphatic rings. The van der Waals surface area contributed by atoms with E-state index in [0.29, 0.717) is 5.39 Å². The van der Waals surface area contributed by atoms with Gasteiger partial charge in [0.25, 0.3) is 9.84 Å². The van der Waals surface area contributed by atoms with Crippen molar-refractivity contribution in [2.24, 2.45) is 0 Å². The summed E-state index contributed by atoms with van der Waals surface area (Å²) in [6.07, 6.45) is 0. The van der Waals surface area contributed by atoms with Crippen molar-refractivity contribution in [3.8, 4) is 128 Å². The second kappa shape index (κ2) is 39.1. The summed E-state index contributed by atoms with van der Waals surface area (Å²) in [6, 6.07) is 152. The van der Waals surface area contributed by atoms with E-state index in [1.165, 1.54) is 133 Å². The predicted octanol–water partition coefficient (Wildman–Crippen LogP) is 32.6. The molecule has 0 aliphatic carbocycles. The maximum Gasteiger partial charge on any atom is 0.534 e. The van der Waals surface area contributed by atoms with Gasteiger partial charge >= 0.3 is 28.3 Å². The number of benzene rings is 20. The van der Waals surface area contributed by atoms with Crippen LogP contribution in [-0.2, 0) is 33.8 Å². The maximum absolute atomic E-state index is 13.1. The fraction of sp³-hybridized carbons (Fsp3) is 0.0847. The van der Waals surface area contributed by atoms with E-state index >= 15 is 0 Å². The molecule has 18 heteroatoms. The Hall–Kier alpha value is -14.7. The highest BCUT2D eigenvalue weighted by Gasteiger charge is 2.52. The molecule has 0 unspecified atom stereocenters. The van der Waals surface area contributed by atoms with Gasteiger partial charge in [0.15, 0.2) is 14.2 Å². The van der Waals surface area contributed by atoms with E-state index in [1.807, 2.05) is 54.6 Å². The van der Waals surface area contributed by atoms with Crippen LogP contribution in [-0.4, -0.2) is 51.7 Å². The van der Waals surface area contributed by atoms with Crippen molar-refractivity contribution in [3.63, 3.8) is 0 Å². The van der Waals surface area contributed by atoms with Crippen LogP contribution in [0.2, 0.25) is 0 Å². The molecule has 136 heavy (non-hydrogen) atoms. The molecule has 0 N–H and O–H groups in total. The molecule has 0 aromatic heterocycles. The molecule has 20 aromatic rings. The minimum absolute atomic E-state index is 0. The SMILES string of the molecule is C.CC1(C)OB(c2cccc(-c3cccc(-c4cccc(-c5ccccc5)c4)c3)c2)OC1(C)C.O=PCS(=O)(=O)C(F)(F)F.O=S(=O)(Oc1ccc(-c2c3ccccc3c(-c3ccccc3)c3ccccc23)c2ccccc12)C(F)(F)F.c1ccc(-c2cccc(-c3cccc(-c4cccc(-c5ccc(-c6c7ccccc7c(-c7ccccc7)c7ccccc67)c6ccccc56)c4)c3)c2)cc1. The molecular formula is C118H90BF6O8PS2. The number of fused-ring (bicyclic) bond motifs is 6. The zero-order valence-corrected chi connectivity index (χ0v) is 76.2. The summed E-state index contributed by atoms with van der Waals surface area (Å²) in [5.74, 6) is -0.379. The highest BCUT2D eigenvalue weighted by molar-refractivity contribution is 7.96. The van der Waals surface area contributed by atoms with Crippen molar-refractivity contribution in [3.05, 3.63) is 437 Å². The van der Waals surface area contributed by atoms with Crippen LogP contribution in [0.1, 0.15) is 35.1 Å². The lowest BCUT2D eigenvalue weighted by Crippen LogP contribution is -2.41. The fourth-order valence-corrected chi connectivity index (χ4v) is 19.4. The Kier molecular flexibility index (Phi) is 26.8. The van der Waals surface area contributed by atoms with E-state index in [0.717, 1.165) is 54.8 Å². The van der Waals surface area contributed by atoms with Gasteiger partial charge in [-0.15, -0.1) is 0 Å². The topological polar surface area (TPSA) is 113 Å². The van der Waals surface area contributed by atoms with Gasteiger partial charge in [0.1, 0.15) is 5.49 Å². The summed E-state index contributed by atoms with van der Waals surface area (Å²) in [6.45, 7) is 8.35. The maximum atomic E-state index is 13.1. The smallest absolute Gasteiger partial charge is 0.399 e. The third-order valence-electron chi connectivity index (χ3n) is 25.0. The third kappa shape index (κ3) is 19.2. The van der Waals surface area contributed by atoms with Gasteiger partial charge in [0.2, 0.25) is 0 Å². The summed E-state index contributed by atoms with van der Waals surface area (Å²) >= 11 is 0. The Morgan fingerprint density at radius 1 is 0.265 bits per heavy atom. The lowest BCUT2D eigenvalue weighted by Gasteiger charge is -2.32. The molecule has 0 atom stereocenters. The zero-order chi connectivity index (χ0) is 93.8. The number of sulfone groups is 1. The first-order valence-electron chi connectivity index (χ1n) is 43.9. The van der Waals surface area contributed by atoms with Crippen LogP contribution in [0.25, 0.3) is 187 Å². The molecule has 0 bridgehead atoms. The predicted molar refractivity (Wildman–Crippen MR) is 550 cm³/mol. The van der Waals surface area contributed by atoms with E-state index in [-0.39, 0.29) is 36.9 Å². The van der Waals surface area contributed by atoms with E-state index in [1.54, 1.807) is 30.3 Å². The summed E-state index contributed by atoms with van der Waals surface area (Å²) < 4.78 is 143. The fourth-order valence-electron chi connectivity index (χ4n) is 17.8. The van der Waals surface area contributed by atoms with Crippen LogP contribution >= 0.6 is 8.46 Å². The van der Waals surface area contributed by atoms with Crippen molar-refractivity contribution >= 4 is 106 Å². The number of hydrogen-bond acceptors (Lipinski definition) is 8. The molecule has 1 saturated heterocycles. The van der Waals surface area contributed by atoms with Gasteiger partial charge in [-0.1, -0.05) is 402 Å². The highest BCUT2D eigenvalue weighted by Crippen LogP contribution is 2.50. The molecule has 20 aromatic carbocycles. The van der Waals surface area contributed by atoms with E-state index in [2.05, 4.69) is 378 Å². The monoisotopic (exact) mass is 1850 g/mol. The molecule has 8 nitrogen and oxygen atoms in total.